The van der Waals surface area contributed by atoms with Crippen LogP contribution in [0.5, 0.6) is 17.2 Å². The fourth-order valence-electron chi connectivity index (χ4n) is 4.70. The van der Waals surface area contributed by atoms with Crippen LogP contribution in [0.25, 0.3) is 10.9 Å². The Bertz CT molecular complexity index is 1470. The molecule has 0 bridgehead atoms. The van der Waals surface area contributed by atoms with Gasteiger partial charge in [0, 0.05) is 31.4 Å². The number of rotatable bonds is 7. The van der Waals surface area contributed by atoms with Gasteiger partial charge in [0.05, 0.1) is 36.3 Å². The number of hydrogen-bond acceptors (Lipinski definition) is 8. The number of aromatic nitrogens is 2. The highest BCUT2D eigenvalue weighted by molar-refractivity contribution is 6.07. The second kappa shape index (κ2) is 11.5. The second-order valence-corrected chi connectivity index (χ2v) is 9.25. The lowest BCUT2D eigenvalue weighted by molar-refractivity contribution is -0.114. The zero-order valence-corrected chi connectivity index (χ0v) is 21.5. The van der Waals surface area contributed by atoms with Crippen molar-refractivity contribution in [3.63, 3.8) is 0 Å². The molecule has 0 atom stereocenters. The van der Waals surface area contributed by atoms with E-state index in [4.69, 9.17) is 14.2 Å². The van der Waals surface area contributed by atoms with E-state index in [1.165, 1.54) is 6.33 Å². The predicted molar refractivity (Wildman–Crippen MR) is 150 cm³/mol. The van der Waals surface area contributed by atoms with Gasteiger partial charge in [0.25, 0.3) is 5.91 Å². The molecule has 4 aromatic rings. The van der Waals surface area contributed by atoms with E-state index < -0.39 is 0 Å². The molecule has 0 radical (unpaired) electrons. The van der Waals surface area contributed by atoms with E-state index in [9.17, 15) is 4.79 Å². The molecule has 39 heavy (non-hydrogen) atoms. The van der Waals surface area contributed by atoms with Crippen LogP contribution in [0.1, 0.15) is 0 Å². The number of benzene rings is 3. The molecule has 2 aliphatic rings. The molecule has 9 nitrogen and oxygen atoms in total. The van der Waals surface area contributed by atoms with Gasteiger partial charge >= 0.3 is 0 Å². The largest absolute Gasteiger partial charge is 0.489 e. The Hall–Kier alpha value is -4.47. The van der Waals surface area contributed by atoms with Crippen LogP contribution in [0.15, 0.2) is 85.2 Å². The number of hydrogen-bond donors (Lipinski definition) is 1. The topological polar surface area (TPSA) is 89.1 Å². The van der Waals surface area contributed by atoms with E-state index in [0.717, 1.165) is 60.9 Å². The molecule has 0 unspecified atom stereocenters. The molecule has 3 aromatic carbocycles. The van der Waals surface area contributed by atoms with Crippen LogP contribution >= 0.6 is 0 Å². The van der Waals surface area contributed by atoms with Crippen molar-refractivity contribution in [2.24, 2.45) is 0 Å². The highest BCUT2D eigenvalue weighted by atomic mass is 16.5. The van der Waals surface area contributed by atoms with Gasteiger partial charge in [-0.2, -0.15) is 0 Å². The highest BCUT2D eigenvalue weighted by Crippen LogP contribution is 2.41. The number of nitrogens with zero attached hydrogens (tertiary/aromatic N) is 4. The maximum Gasteiger partial charge on any atom is 0.250 e. The number of fused-ring (bicyclic) bond motifs is 3. The summed E-state index contributed by atoms with van der Waals surface area (Å²) >= 11 is 0. The molecular weight excluding hydrogens is 494 g/mol. The number of anilines is 3. The lowest BCUT2D eigenvalue weighted by Gasteiger charge is -2.30. The quantitative estimate of drug-likeness (QED) is 0.346. The molecule has 0 spiro atoms. The van der Waals surface area contributed by atoms with Gasteiger partial charge in [-0.3, -0.25) is 9.69 Å². The molecule has 2 aliphatic heterocycles. The van der Waals surface area contributed by atoms with Gasteiger partial charge in [-0.1, -0.05) is 24.3 Å². The maximum atomic E-state index is 13.2. The first kappa shape index (κ1) is 24.8. The standard InChI is InChI=1S/C30H29N5O4/c36-27(7-4-14-34-15-18-37-19-16-34)35-17-20-38-29-26(35)13-12-25-28(29)30(32-21-31-25)33-22-8-10-24(11-9-22)39-23-5-2-1-3-6-23/h1-13,21H,14-20H2,(H,31,32,33)/b7-4+. The molecule has 1 aromatic heterocycles. The van der Waals surface area contributed by atoms with Crippen molar-refractivity contribution in [1.82, 2.24) is 14.9 Å². The van der Waals surface area contributed by atoms with Crippen LogP contribution in [-0.2, 0) is 9.53 Å². The normalized spacial score (nSPS) is 15.6. The Labute approximate surface area is 226 Å². The number of nitrogens with one attached hydrogen (secondary N) is 1. The SMILES string of the molecule is O=C(/C=C/CN1CCOCC1)N1CCOc2c1ccc1ncnc(Nc3ccc(Oc4ccccc4)cc3)c21. The average Bonchev–Trinajstić information content (AvgIpc) is 2.99. The summed E-state index contributed by atoms with van der Waals surface area (Å²) in [6.45, 7) is 4.80. The third-order valence-electron chi connectivity index (χ3n) is 6.68. The fourth-order valence-corrected chi connectivity index (χ4v) is 4.70. The third-order valence-corrected chi connectivity index (χ3v) is 6.68. The van der Waals surface area contributed by atoms with Crippen LogP contribution in [-0.4, -0.2) is 66.8 Å². The molecule has 198 valence electrons. The summed E-state index contributed by atoms with van der Waals surface area (Å²) in [7, 11) is 0. The van der Waals surface area contributed by atoms with Gasteiger partial charge in [-0.25, -0.2) is 9.97 Å². The van der Waals surface area contributed by atoms with Crippen LogP contribution in [0.4, 0.5) is 17.2 Å². The van der Waals surface area contributed by atoms with Crippen molar-refractivity contribution >= 4 is 34.0 Å². The first-order valence-corrected chi connectivity index (χ1v) is 13.0. The summed E-state index contributed by atoms with van der Waals surface area (Å²) in [4.78, 5) is 26.1. The van der Waals surface area contributed by atoms with Crippen LogP contribution < -0.4 is 19.7 Å². The number of amides is 1. The summed E-state index contributed by atoms with van der Waals surface area (Å²) in [6.07, 6.45) is 5.09. The lowest BCUT2D eigenvalue weighted by Crippen LogP contribution is -2.38. The molecule has 1 saturated heterocycles. The maximum absolute atomic E-state index is 13.2. The van der Waals surface area contributed by atoms with E-state index in [1.807, 2.05) is 72.8 Å². The molecule has 3 heterocycles. The van der Waals surface area contributed by atoms with E-state index >= 15 is 0 Å². The summed E-state index contributed by atoms with van der Waals surface area (Å²) in [5, 5.41) is 4.11. The zero-order valence-electron chi connectivity index (χ0n) is 21.5. The fraction of sp³-hybridized carbons (Fsp3) is 0.233. The Kier molecular flexibility index (Phi) is 7.33. The van der Waals surface area contributed by atoms with Gasteiger partial charge in [0.1, 0.15) is 30.3 Å². The number of carbonyl (C=O) groups excluding carboxylic acids is 1. The average molecular weight is 524 g/mol. The first-order chi connectivity index (χ1) is 19.2. The first-order valence-electron chi connectivity index (χ1n) is 13.0. The zero-order chi connectivity index (χ0) is 26.4. The lowest BCUT2D eigenvalue weighted by atomic mass is 10.1. The minimum absolute atomic E-state index is 0.0764. The molecule has 1 amide bonds. The molecule has 6 rings (SSSR count). The molecule has 9 heteroatoms. The van der Waals surface area contributed by atoms with Crippen molar-refractivity contribution < 1.29 is 19.0 Å². The summed E-state index contributed by atoms with van der Waals surface area (Å²) in [6, 6.07) is 21.1. The van der Waals surface area contributed by atoms with Gasteiger partial charge in [-0.05, 0) is 48.5 Å². The summed E-state index contributed by atoms with van der Waals surface area (Å²) in [5.41, 5.74) is 2.27. The van der Waals surface area contributed by atoms with Crippen LogP contribution in [0, 0.1) is 0 Å². The van der Waals surface area contributed by atoms with Crippen LogP contribution in [0.2, 0.25) is 0 Å². The number of ether oxygens (including phenoxy) is 3. The minimum atomic E-state index is -0.0764. The van der Waals surface area contributed by atoms with E-state index in [2.05, 4.69) is 20.2 Å². The molecule has 1 fully saturated rings. The van der Waals surface area contributed by atoms with Crippen molar-refractivity contribution in [1.29, 1.82) is 0 Å². The molecule has 1 N–H and O–H groups in total. The minimum Gasteiger partial charge on any atom is -0.489 e. The van der Waals surface area contributed by atoms with Gasteiger partial charge < -0.3 is 24.4 Å². The molecule has 0 aliphatic carbocycles. The Morgan fingerprint density at radius 1 is 0.923 bits per heavy atom. The summed E-state index contributed by atoms with van der Waals surface area (Å²) in [5.74, 6) is 2.63. The van der Waals surface area contributed by atoms with Crippen molar-refractivity contribution in [3.8, 4) is 17.2 Å². The van der Waals surface area contributed by atoms with Gasteiger partial charge in [0.15, 0.2) is 5.75 Å². The Morgan fingerprint density at radius 3 is 2.54 bits per heavy atom. The van der Waals surface area contributed by atoms with Crippen molar-refractivity contribution in [2.75, 3.05) is 56.2 Å². The third kappa shape index (κ3) is 5.69. The van der Waals surface area contributed by atoms with E-state index in [1.54, 1.807) is 11.0 Å². The summed E-state index contributed by atoms with van der Waals surface area (Å²) < 4.78 is 17.4. The van der Waals surface area contributed by atoms with Crippen molar-refractivity contribution in [2.45, 2.75) is 0 Å². The van der Waals surface area contributed by atoms with Gasteiger partial charge in [-0.15, -0.1) is 0 Å². The van der Waals surface area contributed by atoms with Crippen molar-refractivity contribution in [3.05, 3.63) is 85.2 Å². The van der Waals surface area contributed by atoms with Crippen LogP contribution in [0.3, 0.4) is 0 Å². The number of para-hydroxylation sites is 1. The van der Waals surface area contributed by atoms with E-state index in [0.29, 0.717) is 30.4 Å². The Balaban J connectivity index is 1.22. The smallest absolute Gasteiger partial charge is 0.250 e. The highest BCUT2D eigenvalue weighted by Gasteiger charge is 2.26. The number of morpholine rings is 1. The monoisotopic (exact) mass is 523 g/mol. The molecular formula is C30H29N5O4. The Morgan fingerprint density at radius 2 is 1.72 bits per heavy atom. The second-order valence-electron chi connectivity index (χ2n) is 9.25. The number of carbonyl (C=O) groups is 1. The molecule has 0 saturated carbocycles. The predicted octanol–water partition coefficient (Wildman–Crippen LogP) is 4.78. The van der Waals surface area contributed by atoms with Gasteiger partial charge in [0.2, 0.25) is 0 Å². The van der Waals surface area contributed by atoms with E-state index in [-0.39, 0.29) is 5.91 Å².